The van der Waals surface area contributed by atoms with Crippen LogP contribution in [0.25, 0.3) is 23.0 Å². The number of carbonyl (C=O) groups excluding carboxylic acids is 2. The van der Waals surface area contributed by atoms with E-state index in [2.05, 4.69) is 35.9 Å². The van der Waals surface area contributed by atoms with Crippen molar-refractivity contribution in [1.29, 1.82) is 0 Å². The number of hydrogen-bond donors (Lipinski definition) is 4. The van der Waals surface area contributed by atoms with Crippen molar-refractivity contribution in [2.24, 2.45) is 5.92 Å². The van der Waals surface area contributed by atoms with Crippen molar-refractivity contribution < 1.29 is 19.4 Å². The first-order valence-electron chi connectivity index (χ1n) is 13.7. The van der Waals surface area contributed by atoms with Gasteiger partial charge in [0, 0.05) is 27.9 Å². The minimum atomic E-state index is -0.572. The van der Waals surface area contributed by atoms with Gasteiger partial charge in [-0.3, -0.25) is 10.1 Å². The lowest BCUT2D eigenvalue weighted by atomic mass is 9.83. The number of imidazole rings is 1. The Balaban J connectivity index is 1.37. The van der Waals surface area contributed by atoms with Crippen molar-refractivity contribution in [2.75, 3.05) is 12.4 Å². The number of halogens is 2. The van der Waals surface area contributed by atoms with Crippen LogP contribution in [0.3, 0.4) is 0 Å². The third kappa shape index (κ3) is 7.78. The van der Waals surface area contributed by atoms with Crippen molar-refractivity contribution in [3.8, 4) is 16.9 Å². The summed E-state index contributed by atoms with van der Waals surface area (Å²) >= 11 is 12.8. The number of aliphatic hydroxyl groups is 1. The third-order valence-corrected chi connectivity index (χ3v) is 7.81. The molecule has 1 aliphatic carbocycles. The van der Waals surface area contributed by atoms with E-state index >= 15 is 0 Å². The minimum absolute atomic E-state index is 0.285. The number of hydrogen-bond acceptors (Lipinski definition) is 8. The molecule has 12 nitrogen and oxygen atoms in total. The molecule has 14 heteroatoms. The monoisotopic (exact) mass is 624 g/mol. The van der Waals surface area contributed by atoms with Gasteiger partial charge in [-0.2, -0.15) is 4.68 Å². The topological polar surface area (TPSA) is 160 Å². The number of aliphatic hydroxyl groups excluding tert-OH is 1. The molecule has 0 bridgehead atoms. The summed E-state index contributed by atoms with van der Waals surface area (Å²) in [6.45, 7) is 0. The Morgan fingerprint density at radius 2 is 1.93 bits per heavy atom. The predicted molar refractivity (Wildman–Crippen MR) is 162 cm³/mol. The maximum atomic E-state index is 13.3. The van der Waals surface area contributed by atoms with Gasteiger partial charge < -0.3 is 20.1 Å². The number of ether oxygens (including phenoxy) is 1. The molecule has 5 rings (SSSR count). The van der Waals surface area contributed by atoms with Crippen LogP contribution in [0.4, 0.5) is 10.5 Å². The smallest absolute Gasteiger partial charge is 0.411 e. The number of tetrazole rings is 1. The third-order valence-electron chi connectivity index (χ3n) is 7.30. The van der Waals surface area contributed by atoms with Gasteiger partial charge in [-0.15, -0.1) is 5.10 Å². The van der Waals surface area contributed by atoms with E-state index in [-0.39, 0.29) is 17.9 Å². The van der Waals surface area contributed by atoms with Gasteiger partial charge in [-0.05, 0) is 84.9 Å². The van der Waals surface area contributed by atoms with Gasteiger partial charge in [0.1, 0.15) is 23.0 Å². The quantitative estimate of drug-likeness (QED) is 0.181. The van der Waals surface area contributed by atoms with E-state index in [1.54, 1.807) is 48.5 Å². The molecule has 43 heavy (non-hydrogen) atoms. The molecule has 1 fully saturated rings. The predicted octanol–water partition coefficient (Wildman–Crippen LogP) is 5.35. The Hall–Kier alpha value is -4.26. The molecule has 2 heterocycles. The summed E-state index contributed by atoms with van der Waals surface area (Å²) in [7, 11) is 1.29. The van der Waals surface area contributed by atoms with Crippen LogP contribution in [0, 0.1) is 5.92 Å². The average molecular weight is 626 g/mol. The fourth-order valence-electron chi connectivity index (χ4n) is 5.08. The fourth-order valence-corrected chi connectivity index (χ4v) is 5.51. The van der Waals surface area contributed by atoms with Crippen LogP contribution in [0.1, 0.15) is 49.5 Å². The first-order chi connectivity index (χ1) is 20.8. The molecule has 0 saturated heterocycles. The molecule has 1 aliphatic rings. The number of aromatic amines is 1. The Morgan fingerprint density at radius 1 is 1.16 bits per heavy atom. The maximum absolute atomic E-state index is 13.3. The summed E-state index contributed by atoms with van der Waals surface area (Å²) < 4.78 is 6.12. The highest BCUT2D eigenvalue weighted by Gasteiger charge is 2.27. The van der Waals surface area contributed by atoms with Crippen LogP contribution in [-0.2, 0) is 9.53 Å². The summed E-state index contributed by atoms with van der Waals surface area (Å²) in [5, 5.41) is 27.8. The van der Waals surface area contributed by atoms with Crippen LogP contribution in [0.5, 0.6) is 0 Å². The van der Waals surface area contributed by atoms with Crippen molar-refractivity contribution in [1.82, 2.24) is 35.5 Å². The van der Waals surface area contributed by atoms with E-state index in [1.165, 1.54) is 24.2 Å². The Labute approximate surface area is 257 Å². The maximum Gasteiger partial charge on any atom is 0.411 e. The van der Waals surface area contributed by atoms with Crippen LogP contribution in [-0.4, -0.2) is 60.5 Å². The van der Waals surface area contributed by atoms with E-state index < -0.39 is 12.1 Å². The molecule has 2 aromatic heterocycles. The van der Waals surface area contributed by atoms with Gasteiger partial charge in [-0.1, -0.05) is 35.3 Å². The molecule has 1 saturated carbocycles. The normalized spacial score (nSPS) is 17.5. The second kappa shape index (κ2) is 13.8. The standard InChI is InChI=1S/C29H30Cl2N8O4/c1-43-29(42)33-21-8-4-18(5-9-21)26-27(31)36-28(35-26)23(14-17-2-10-22(40)11-3-17)34-25(41)13-6-19-15-20(30)7-12-24(19)39-16-32-37-38-39/h4-9,12-13,15-17,22-23,40H,2-3,10-11,14H2,1H3,(H,33,42)(H,34,41)(H,35,36)/b13-6+/t17?,22?,23-/m0/s1. The molecular formula is C29H30Cl2N8O4. The summed E-state index contributed by atoms with van der Waals surface area (Å²) in [5.74, 6) is 0.464. The lowest BCUT2D eigenvalue weighted by Crippen LogP contribution is -2.31. The fraction of sp³-hybridized carbons (Fsp3) is 0.310. The molecule has 2 aromatic carbocycles. The molecule has 0 radical (unpaired) electrons. The van der Waals surface area contributed by atoms with Crippen LogP contribution >= 0.6 is 23.2 Å². The summed E-state index contributed by atoms with van der Waals surface area (Å²) in [4.78, 5) is 32.7. The highest BCUT2D eigenvalue weighted by atomic mass is 35.5. The highest BCUT2D eigenvalue weighted by molar-refractivity contribution is 6.32. The number of methoxy groups -OCH3 is 1. The van der Waals surface area contributed by atoms with Gasteiger partial charge >= 0.3 is 6.09 Å². The summed E-state index contributed by atoms with van der Waals surface area (Å²) in [5.41, 5.74) is 3.11. The van der Waals surface area contributed by atoms with E-state index in [9.17, 15) is 14.7 Å². The Bertz CT molecular complexity index is 1580. The van der Waals surface area contributed by atoms with E-state index in [0.29, 0.717) is 45.1 Å². The number of H-pyrrole nitrogens is 1. The van der Waals surface area contributed by atoms with Crippen LogP contribution < -0.4 is 10.6 Å². The number of amides is 2. The molecule has 1 atom stereocenters. The van der Waals surface area contributed by atoms with Gasteiger partial charge in [-0.25, -0.2) is 9.78 Å². The van der Waals surface area contributed by atoms with Crippen molar-refractivity contribution in [3.05, 3.63) is 76.4 Å². The lowest BCUT2D eigenvalue weighted by molar-refractivity contribution is -0.117. The van der Waals surface area contributed by atoms with Crippen LogP contribution in [0.15, 0.2) is 54.9 Å². The van der Waals surface area contributed by atoms with E-state index in [1.807, 2.05) is 0 Å². The zero-order valence-electron chi connectivity index (χ0n) is 23.2. The molecule has 224 valence electrons. The van der Waals surface area contributed by atoms with Gasteiger partial charge in [0.15, 0.2) is 0 Å². The number of carbonyl (C=O) groups is 2. The van der Waals surface area contributed by atoms with Gasteiger partial charge in [0.25, 0.3) is 0 Å². The average Bonchev–Trinajstić information content (AvgIpc) is 3.68. The first kappa shape index (κ1) is 30.2. The molecule has 0 spiro atoms. The number of benzene rings is 2. The molecule has 0 aliphatic heterocycles. The minimum Gasteiger partial charge on any atom is -0.453 e. The zero-order chi connectivity index (χ0) is 30.3. The van der Waals surface area contributed by atoms with E-state index in [0.717, 1.165) is 31.2 Å². The molecular weight excluding hydrogens is 595 g/mol. The second-order valence-corrected chi connectivity index (χ2v) is 11.1. The second-order valence-electron chi connectivity index (χ2n) is 10.2. The van der Waals surface area contributed by atoms with Crippen molar-refractivity contribution in [2.45, 2.75) is 44.2 Å². The van der Waals surface area contributed by atoms with Gasteiger partial charge in [0.05, 0.1) is 24.9 Å². The number of anilines is 1. The molecule has 4 aromatic rings. The Kier molecular flexibility index (Phi) is 9.70. The number of nitrogens with one attached hydrogen (secondary N) is 3. The summed E-state index contributed by atoms with van der Waals surface area (Å²) in [6.07, 6.45) is 7.41. The number of nitrogens with zero attached hydrogens (tertiary/aromatic N) is 5. The Morgan fingerprint density at radius 3 is 2.63 bits per heavy atom. The van der Waals surface area contributed by atoms with Crippen molar-refractivity contribution >= 4 is 47.0 Å². The lowest BCUT2D eigenvalue weighted by Gasteiger charge is -2.28. The molecule has 4 N–H and O–H groups in total. The number of rotatable bonds is 9. The van der Waals surface area contributed by atoms with Crippen LogP contribution in [0.2, 0.25) is 10.2 Å². The largest absolute Gasteiger partial charge is 0.453 e. The zero-order valence-corrected chi connectivity index (χ0v) is 24.7. The SMILES string of the molecule is COC(=O)Nc1ccc(-c2nc([C@H](CC3CCC(O)CC3)NC(=O)/C=C/c3cc(Cl)ccc3-n3cnnn3)[nH]c2Cl)cc1. The first-order valence-corrected chi connectivity index (χ1v) is 14.4. The van der Waals surface area contributed by atoms with Gasteiger partial charge in [0.2, 0.25) is 5.91 Å². The summed E-state index contributed by atoms with van der Waals surface area (Å²) in [6, 6.07) is 11.7. The van der Waals surface area contributed by atoms with E-state index in [4.69, 9.17) is 28.2 Å². The molecule has 0 unspecified atom stereocenters. The molecule has 2 amide bonds. The van der Waals surface area contributed by atoms with Crippen molar-refractivity contribution in [3.63, 3.8) is 0 Å². The number of aromatic nitrogens is 6. The highest BCUT2D eigenvalue weighted by Crippen LogP contribution is 2.34.